The number of carboxylic acid groups (broad SMARTS) is 1. The zero-order valence-corrected chi connectivity index (χ0v) is 20.9. The van der Waals surface area contributed by atoms with Crippen molar-refractivity contribution in [2.24, 2.45) is 11.7 Å². The molecule has 0 aliphatic heterocycles. The highest BCUT2D eigenvalue weighted by Crippen LogP contribution is 2.19. The van der Waals surface area contributed by atoms with Crippen molar-refractivity contribution >= 4 is 34.6 Å². The molecule has 0 aliphatic rings. The van der Waals surface area contributed by atoms with Gasteiger partial charge in [0.25, 0.3) is 0 Å². The van der Waals surface area contributed by atoms with E-state index in [1.54, 1.807) is 26.2 Å². The van der Waals surface area contributed by atoms with Crippen LogP contribution in [0, 0.1) is 5.92 Å². The molecule has 3 aromatic rings. The van der Waals surface area contributed by atoms with Crippen LogP contribution in [-0.2, 0) is 32.0 Å². The Labute approximate surface area is 213 Å². The minimum absolute atomic E-state index is 0.103. The third-order valence-corrected chi connectivity index (χ3v) is 6.05. The van der Waals surface area contributed by atoms with Gasteiger partial charge in [-0.05, 0) is 24.5 Å². The number of aliphatic carboxylic acids is 1. The van der Waals surface area contributed by atoms with Gasteiger partial charge in [-0.3, -0.25) is 14.4 Å². The number of para-hydroxylation sites is 1. The minimum atomic E-state index is -1.17. The summed E-state index contributed by atoms with van der Waals surface area (Å²) in [5, 5.41) is 18.1. The van der Waals surface area contributed by atoms with E-state index in [1.807, 2.05) is 24.3 Å². The molecule has 0 spiro atoms. The van der Waals surface area contributed by atoms with Crippen LogP contribution in [0.4, 0.5) is 0 Å². The van der Waals surface area contributed by atoms with E-state index in [1.165, 1.54) is 13.3 Å². The van der Waals surface area contributed by atoms with E-state index in [2.05, 4.69) is 30.9 Å². The zero-order chi connectivity index (χ0) is 27.1. The predicted molar refractivity (Wildman–Crippen MR) is 136 cm³/mol. The molecule has 12 heteroatoms. The first-order valence-corrected chi connectivity index (χ1v) is 12.0. The van der Waals surface area contributed by atoms with Crippen LogP contribution in [0.5, 0.6) is 0 Å². The Morgan fingerprint density at radius 1 is 0.973 bits per heavy atom. The number of rotatable bonds is 12. The van der Waals surface area contributed by atoms with Gasteiger partial charge < -0.3 is 36.8 Å². The van der Waals surface area contributed by atoms with Crippen LogP contribution in [-0.4, -0.2) is 67.9 Å². The molecule has 37 heavy (non-hydrogen) atoms. The summed E-state index contributed by atoms with van der Waals surface area (Å²) >= 11 is 0. The molecular weight excluding hydrogens is 478 g/mol. The first-order valence-electron chi connectivity index (χ1n) is 12.0. The van der Waals surface area contributed by atoms with Crippen molar-refractivity contribution in [1.29, 1.82) is 0 Å². The first kappa shape index (κ1) is 27.4. The number of nitrogens with zero attached hydrogens (tertiary/aromatic N) is 1. The van der Waals surface area contributed by atoms with E-state index < -0.39 is 47.9 Å². The molecule has 2 heterocycles. The number of carboxylic acids is 1. The lowest BCUT2D eigenvalue weighted by atomic mass is 10.0. The zero-order valence-electron chi connectivity index (χ0n) is 20.9. The van der Waals surface area contributed by atoms with Gasteiger partial charge in [0, 0.05) is 41.8 Å². The number of aromatic amines is 2. The number of H-pyrrole nitrogens is 2. The number of imidazole rings is 1. The van der Waals surface area contributed by atoms with Crippen LogP contribution in [0.2, 0.25) is 0 Å². The number of fused-ring (bicyclic) bond motifs is 1. The largest absolute Gasteiger partial charge is 0.480 e. The number of amides is 3. The Bertz CT molecular complexity index is 1240. The molecule has 0 radical (unpaired) electrons. The van der Waals surface area contributed by atoms with Crippen molar-refractivity contribution in [3.8, 4) is 0 Å². The van der Waals surface area contributed by atoms with E-state index in [-0.39, 0.29) is 18.8 Å². The van der Waals surface area contributed by atoms with Crippen molar-refractivity contribution in [2.75, 3.05) is 0 Å². The van der Waals surface area contributed by atoms with Crippen molar-refractivity contribution in [2.45, 2.75) is 57.8 Å². The molecule has 0 saturated carbocycles. The quantitative estimate of drug-likeness (QED) is 0.180. The van der Waals surface area contributed by atoms with Gasteiger partial charge in [-0.2, -0.15) is 0 Å². The third-order valence-electron chi connectivity index (χ3n) is 6.05. The Balaban J connectivity index is 1.73. The van der Waals surface area contributed by atoms with Gasteiger partial charge in [-0.25, -0.2) is 9.78 Å². The van der Waals surface area contributed by atoms with Crippen molar-refractivity contribution in [1.82, 2.24) is 30.9 Å². The molecule has 1 aromatic carbocycles. The van der Waals surface area contributed by atoms with Gasteiger partial charge >= 0.3 is 5.97 Å². The molecule has 0 saturated heterocycles. The van der Waals surface area contributed by atoms with Gasteiger partial charge in [0.05, 0.1) is 12.4 Å². The number of hydrogen-bond acceptors (Lipinski definition) is 6. The van der Waals surface area contributed by atoms with E-state index in [0.29, 0.717) is 5.69 Å². The maximum Gasteiger partial charge on any atom is 0.326 e. The molecular formula is C25H33N7O5. The summed E-state index contributed by atoms with van der Waals surface area (Å²) in [6.45, 7) is 4.83. The molecule has 4 atom stereocenters. The second kappa shape index (κ2) is 12.2. The molecule has 8 N–H and O–H groups in total. The van der Waals surface area contributed by atoms with Crippen molar-refractivity contribution in [3.63, 3.8) is 0 Å². The topological polar surface area (TPSA) is 195 Å². The number of carbonyl (C=O) groups excluding carboxylic acids is 3. The molecule has 4 unspecified atom stereocenters. The summed E-state index contributed by atoms with van der Waals surface area (Å²) < 4.78 is 0. The van der Waals surface area contributed by atoms with Crippen molar-refractivity contribution < 1.29 is 24.3 Å². The number of nitrogens with one attached hydrogen (secondary N) is 5. The van der Waals surface area contributed by atoms with E-state index >= 15 is 0 Å². The van der Waals surface area contributed by atoms with Crippen LogP contribution in [0.1, 0.15) is 32.0 Å². The lowest BCUT2D eigenvalue weighted by molar-refractivity contribution is -0.143. The molecule has 0 bridgehead atoms. The first-order chi connectivity index (χ1) is 17.6. The fourth-order valence-electron chi connectivity index (χ4n) is 3.91. The monoisotopic (exact) mass is 511 g/mol. The Morgan fingerprint density at radius 3 is 2.35 bits per heavy atom. The fourth-order valence-corrected chi connectivity index (χ4v) is 3.91. The molecule has 12 nitrogen and oxygen atoms in total. The smallest absolute Gasteiger partial charge is 0.326 e. The summed E-state index contributed by atoms with van der Waals surface area (Å²) in [6.07, 6.45) is 5.08. The standard InChI is InChI=1S/C25H33N7O5/c1-13(2)21(25(36)37)32-24(35)20(8-15-10-28-19-7-5-4-6-17(15)19)31-22(33)14(3)30-23(34)18(26)9-16-11-27-12-29-16/h4-7,10-14,18,20-21,28H,8-9,26H2,1-3H3,(H,27,29)(H,30,34)(H,31,33)(H,32,35)(H,36,37). The van der Waals surface area contributed by atoms with Crippen LogP contribution >= 0.6 is 0 Å². The summed E-state index contributed by atoms with van der Waals surface area (Å²) in [5.41, 5.74) is 8.25. The maximum absolute atomic E-state index is 13.2. The second-order valence-electron chi connectivity index (χ2n) is 9.31. The maximum atomic E-state index is 13.2. The second-order valence-corrected chi connectivity index (χ2v) is 9.31. The van der Waals surface area contributed by atoms with Gasteiger partial charge in [-0.1, -0.05) is 32.0 Å². The summed E-state index contributed by atoms with van der Waals surface area (Å²) in [4.78, 5) is 60.2. The molecule has 2 aromatic heterocycles. The highest BCUT2D eigenvalue weighted by Gasteiger charge is 2.30. The van der Waals surface area contributed by atoms with Crippen LogP contribution in [0.3, 0.4) is 0 Å². The summed E-state index contributed by atoms with van der Waals surface area (Å²) in [7, 11) is 0. The summed E-state index contributed by atoms with van der Waals surface area (Å²) in [6, 6.07) is 3.36. The Kier molecular flexibility index (Phi) is 9.01. The normalized spacial score (nSPS) is 14.5. The highest BCUT2D eigenvalue weighted by molar-refractivity contribution is 5.94. The van der Waals surface area contributed by atoms with Gasteiger partial charge in [-0.15, -0.1) is 0 Å². The average molecular weight is 512 g/mol. The molecule has 3 amide bonds. The van der Waals surface area contributed by atoms with Crippen molar-refractivity contribution in [3.05, 3.63) is 54.2 Å². The minimum Gasteiger partial charge on any atom is -0.480 e. The number of nitrogens with two attached hydrogens (primary N) is 1. The molecule has 0 aliphatic carbocycles. The van der Waals surface area contributed by atoms with E-state index in [4.69, 9.17) is 5.73 Å². The lowest BCUT2D eigenvalue weighted by Crippen LogP contribution is -2.57. The number of hydrogen-bond donors (Lipinski definition) is 7. The average Bonchev–Trinajstić information content (AvgIpc) is 3.51. The Hall–Kier alpha value is -4.19. The van der Waals surface area contributed by atoms with Crippen LogP contribution in [0.25, 0.3) is 10.9 Å². The lowest BCUT2D eigenvalue weighted by Gasteiger charge is -2.25. The SMILES string of the molecule is CC(NC(=O)C(N)Cc1cnc[nH]1)C(=O)NC(Cc1c[nH]c2ccccc12)C(=O)NC(C(=O)O)C(C)C. The van der Waals surface area contributed by atoms with Gasteiger partial charge in [0.2, 0.25) is 17.7 Å². The van der Waals surface area contributed by atoms with Crippen LogP contribution < -0.4 is 21.7 Å². The molecule has 3 rings (SSSR count). The molecule has 0 fully saturated rings. The van der Waals surface area contributed by atoms with Gasteiger partial charge in [0.1, 0.15) is 18.1 Å². The Morgan fingerprint density at radius 2 is 1.70 bits per heavy atom. The summed E-state index contributed by atoms with van der Waals surface area (Å²) in [5.74, 6) is -3.35. The third kappa shape index (κ3) is 7.17. The number of benzene rings is 1. The number of aromatic nitrogens is 3. The van der Waals surface area contributed by atoms with E-state index in [9.17, 15) is 24.3 Å². The highest BCUT2D eigenvalue weighted by atomic mass is 16.4. The fraction of sp³-hybridized carbons (Fsp3) is 0.400. The predicted octanol–water partition coefficient (Wildman–Crippen LogP) is 0.218. The van der Waals surface area contributed by atoms with Crippen LogP contribution in [0.15, 0.2) is 43.0 Å². The van der Waals surface area contributed by atoms with Gasteiger partial charge in [0.15, 0.2) is 0 Å². The number of carbonyl (C=O) groups is 4. The molecule has 198 valence electrons. The van der Waals surface area contributed by atoms with E-state index in [0.717, 1.165) is 16.5 Å².